The fourth-order valence-electron chi connectivity index (χ4n) is 2.31. The number of Topliss-reactive ketones (excluding diaryl/α,β-unsaturated/α-hetero) is 1. The normalized spacial score (nSPS) is 11.3. The summed E-state index contributed by atoms with van der Waals surface area (Å²) in [5, 5.41) is 0.815. The van der Waals surface area contributed by atoms with E-state index in [9.17, 15) is 4.79 Å². The van der Waals surface area contributed by atoms with Gasteiger partial charge in [-0.2, -0.15) is 0 Å². The maximum atomic E-state index is 12.7. The number of para-hydroxylation sites is 1. The Morgan fingerprint density at radius 1 is 1.21 bits per heavy atom. The molecule has 1 aromatic heterocycles. The van der Waals surface area contributed by atoms with Gasteiger partial charge in [0.25, 0.3) is 0 Å². The molecule has 0 unspecified atom stereocenters. The molecule has 3 rings (SSSR count). The number of benzene rings is 2. The molecule has 0 atom stereocenters. The molecule has 0 saturated carbocycles. The van der Waals surface area contributed by atoms with E-state index in [1.807, 2.05) is 66.0 Å². The lowest BCUT2D eigenvalue weighted by molar-refractivity contribution is -0.640. The topological polar surface area (TPSA) is 36.5 Å². The summed E-state index contributed by atoms with van der Waals surface area (Å²) in [5.74, 6) is 0.0670. The van der Waals surface area contributed by atoms with Crippen LogP contribution in [0.3, 0.4) is 0 Å². The molecule has 4 nitrogen and oxygen atoms in total. The molecule has 0 aliphatic carbocycles. The van der Waals surface area contributed by atoms with Crippen molar-refractivity contribution in [1.82, 2.24) is 4.90 Å². The molecule has 0 fully saturated rings. The van der Waals surface area contributed by atoms with E-state index in [1.54, 1.807) is 17.7 Å². The second kappa shape index (κ2) is 7.23. The number of hydrogen-bond donors (Lipinski definition) is 0. The average Bonchev–Trinajstić information content (AvgIpc) is 2.91. The van der Waals surface area contributed by atoms with Gasteiger partial charge in [-0.1, -0.05) is 40.2 Å². The Labute approximate surface area is 153 Å². The number of hydrogen-bond acceptors (Lipinski definition) is 3. The first-order valence-corrected chi connectivity index (χ1v) is 9.06. The van der Waals surface area contributed by atoms with Crippen LogP contribution in [0.15, 0.2) is 58.0 Å². The number of aromatic nitrogens is 1. The summed E-state index contributed by atoms with van der Waals surface area (Å²) in [6.07, 6.45) is 1.76. The maximum absolute atomic E-state index is 12.7. The van der Waals surface area contributed by atoms with Crippen molar-refractivity contribution >= 4 is 54.7 Å². The van der Waals surface area contributed by atoms with E-state index in [1.165, 1.54) is 0 Å². The van der Waals surface area contributed by atoms with Crippen LogP contribution in [0.1, 0.15) is 10.4 Å². The van der Waals surface area contributed by atoms with Crippen LogP contribution in [0.25, 0.3) is 10.2 Å². The summed E-state index contributed by atoms with van der Waals surface area (Å²) < 4.78 is 4.06. The zero-order valence-corrected chi connectivity index (χ0v) is 15.8. The molecule has 3 aromatic rings. The number of halogens is 1. The zero-order chi connectivity index (χ0) is 17.1. The smallest absolute Gasteiger partial charge is 0.348 e. The van der Waals surface area contributed by atoms with Crippen molar-refractivity contribution in [3.8, 4) is 0 Å². The van der Waals surface area contributed by atoms with Gasteiger partial charge in [-0.05, 0) is 40.6 Å². The van der Waals surface area contributed by atoms with Crippen molar-refractivity contribution in [2.24, 2.45) is 4.99 Å². The van der Waals surface area contributed by atoms with E-state index in [-0.39, 0.29) is 12.3 Å². The Hall–Kier alpha value is -2.05. The largest absolute Gasteiger partial charge is 0.385 e. The van der Waals surface area contributed by atoms with Crippen LogP contribution in [0, 0.1) is 0 Å². The third kappa shape index (κ3) is 3.71. The number of carbonyl (C=O) groups excluding carboxylic acids is 1. The van der Waals surface area contributed by atoms with Gasteiger partial charge in [0.05, 0.1) is 4.70 Å². The molecular formula is C18H17BrN3OS+. The van der Waals surface area contributed by atoms with E-state index in [4.69, 9.17) is 0 Å². The first-order valence-electron chi connectivity index (χ1n) is 7.45. The average molecular weight is 403 g/mol. The monoisotopic (exact) mass is 402 g/mol. The van der Waals surface area contributed by atoms with Gasteiger partial charge in [-0.25, -0.2) is 4.57 Å². The Balaban J connectivity index is 1.99. The SMILES string of the molecule is CN(C)/C=N/c1sc2ccccc2[n+]1CC(=O)c1ccc(Br)cc1. The Morgan fingerprint density at radius 3 is 2.62 bits per heavy atom. The van der Waals surface area contributed by atoms with Crippen LogP contribution in [0.4, 0.5) is 5.13 Å². The van der Waals surface area contributed by atoms with Crippen molar-refractivity contribution in [3.05, 3.63) is 58.6 Å². The number of carbonyl (C=O) groups is 1. The third-order valence-electron chi connectivity index (χ3n) is 3.46. The third-order valence-corrected chi connectivity index (χ3v) is 5.06. The van der Waals surface area contributed by atoms with Crippen LogP contribution in [0.5, 0.6) is 0 Å². The van der Waals surface area contributed by atoms with Crippen LogP contribution < -0.4 is 4.57 Å². The number of thiazole rings is 1. The van der Waals surface area contributed by atoms with Gasteiger partial charge in [-0.15, -0.1) is 0 Å². The van der Waals surface area contributed by atoms with E-state index in [2.05, 4.69) is 27.0 Å². The van der Waals surface area contributed by atoms with Crippen molar-refractivity contribution in [3.63, 3.8) is 0 Å². The molecule has 2 aromatic carbocycles. The van der Waals surface area contributed by atoms with Gasteiger partial charge in [0.2, 0.25) is 12.1 Å². The first kappa shape index (κ1) is 16.8. The predicted molar refractivity (Wildman–Crippen MR) is 102 cm³/mol. The van der Waals surface area contributed by atoms with Crippen molar-refractivity contribution in [1.29, 1.82) is 0 Å². The van der Waals surface area contributed by atoms with Crippen molar-refractivity contribution < 1.29 is 9.36 Å². The highest BCUT2D eigenvalue weighted by atomic mass is 79.9. The highest BCUT2D eigenvalue weighted by Crippen LogP contribution is 2.26. The summed E-state index contributed by atoms with van der Waals surface area (Å²) in [4.78, 5) is 19.1. The standard InChI is InChI=1S/C18H17BrN3OS/c1-21(2)12-20-18-22(15-5-3-4-6-17(15)24-18)11-16(23)13-7-9-14(19)10-8-13/h3-10,12H,11H2,1-2H3/q+1. The fraction of sp³-hybridized carbons (Fsp3) is 0.167. The van der Waals surface area contributed by atoms with Crippen LogP contribution >= 0.6 is 27.3 Å². The summed E-state index contributed by atoms with van der Waals surface area (Å²) in [6.45, 7) is 0.270. The van der Waals surface area contributed by atoms with E-state index >= 15 is 0 Å². The van der Waals surface area contributed by atoms with Gasteiger partial charge in [0.1, 0.15) is 5.52 Å². The Bertz CT molecular complexity index is 900. The summed E-state index contributed by atoms with van der Waals surface area (Å²) in [7, 11) is 3.85. The molecule has 122 valence electrons. The summed E-state index contributed by atoms with van der Waals surface area (Å²) >= 11 is 4.98. The minimum absolute atomic E-state index is 0.0670. The van der Waals surface area contributed by atoms with E-state index < -0.39 is 0 Å². The maximum Gasteiger partial charge on any atom is 0.385 e. The molecule has 0 bridgehead atoms. The molecule has 0 saturated heterocycles. The number of fused-ring (bicyclic) bond motifs is 1. The van der Waals surface area contributed by atoms with Crippen LogP contribution in [0.2, 0.25) is 0 Å². The van der Waals surface area contributed by atoms with Crippen molar-refractivity contribution in [2.45, 2.75) is 6.54 Å². The Morgan fingerprint density at radius 2 is 1.92 bits per heavy atom. The molecule has 0 aliphatic heterocycles. The van der Waals surface area contributed by atoms with E-state index in [0.717, 1.165) is 19.8 Å². The van der Waals surface area contributed by atoms with Gasteiger partial charge < -0.3 is 4.90 Å². The molecule has 1 heterocycles. The minimum Gasteiger partial charge on any atom is -0.348 e. The molecule has 0 radical (unpaired) electrons. The van der Waals surface area contributed by atoms with Gasteiger partial charge in [0.15, 0.2) is 6.54 Å². The van der Waals surface area contributed by atoms with Gasteiger partial charge in [0, 0.05) is 24.1 Å². The van der Waals surface area contributed by atoms with Crippen LogP contribution in [-0.2, 0) is 6.54 Å². The second-order valence-electron chi connectivity index (χ2n) is 5.58. The molecule has 0 aliphatic rings. The fourth-order valence-corrected chi connectivity index (χ4v) is 3.57. The van der Waals surface area contributed by atoms with Crippen molar-refractivity contribution in [2.75, 3.05) is 14.1 Å². The van der Waals surface area contributed by atoms with E-state index in [0.29, 0.717) is 5.56 Å². The molecule has 0 amide bonds. The van der Waals surface area contributed by atoms with Gasteiger partial charge >= 0.3 is 5.13 Å². The van der Waals surface area contributed by atoms with Gasteiger partial charge in [-0.3, -0.25) is 4.79 Å². The predicted octanol–water partition coefficient (Wildman–Crippen LogP) is 4.06. The molecule has 24 heavy (non-hydrogen) atoms. The summed E-state index contributed by atoms with van der Waals surface area (Å²) in [6, 6.07) is 15.5. The lowest BCUT2D eigenvalue weighted by Crippen LogP contribution is -2.37. The number of nitrogens with zero attached hydrogens (tertiary/aromatic N) is 3. The molecule has 0 N–H and O–H groups in total. The zero-order valence-electron chi connectivity index (χ0n) is 13.4. The molecule has 6 heteroatoms. The number of aliphatic imine (C=N–C) groups is 1. The van der Waals surface area contributed by atoms with Crippen LogP contribution in [-0.4, -0.2) is 31.1 Å². The lowest BCUT2D eigenvalue weighted by atomic mass is 10.1. The lowest BCUT2D eigenvalue weighted by Gasteiger charge is -2.01. The number of ketones is 1. The number of rotatable bonds is 5. The first-order chi connectivity index (χ1) is 11.5. The highest BCUT2D eigenvalue weighted by Gasteiger charge is 2.21. The second-order valence-corrected chi connectivity index (χ2v) is 7.50. The molecular weight excluding hydrogens is 386 g/mol. The summed E-state index contributed by atoms with van der Waals surface area (Å²) in [5.41, 5.74) is 1.72. The Kier molecular flexibility index (Phi) is 5.06. The molecule has 0 spiro atoms. The quantitative estimate of drug-likeness (QED) is 0.279. The highest BCUT2D eigenvalue weighted by molar-refractivity contribution is 9.10. The minimum atomic E-state index is 0.0670.